The van der Waals surface area contributed by atoms with Crippen molar-refractivity contribution in [2.24, 2.45) is 5.41 Å². The first-order chi connectivity index (χ1) is 8.80. The molecule has 1 aliphatic rings. The van der Waals surface area contributed by atoms with Crippen molar-refractivity contribution < 1.29 is 14.7 Å². The van der Waals surface area contributed by atoms with Gasteiger partial charge in [-0.05, 0) is 31.1 Å². The van der Waals surface area contributed by atoms with E-state index in [1.165, 1.54) is 12.0 Å². The number of carboxylic acids is 1. The average Bonchev–Trinajstić information content (AvgIpc) is 2.77. The van der Waals surface area contributed by atoms with Crippen LogP contribution in [0.15, 0.2) is 11.6 Å². The summed E-state index contributed by atoms with van der Waals surface area (Å²) in [4.78, 5) is 22.8. The minimum Gasteiger partial charge on any atom is -0.480 e. The van der Waals surface area contributed by atoms with Crippen molar-refractivity contribution in [3.8, 4) is 0 Å². The van der Waals surface area contributed by atoms with Crippen LogP contribution in [-0.4, -0.2) is 29.7 Å². The number of nitrogens with one attached hydrogen (secondary N) is 2. The fourth-order valence-electron chi connectivity index (χ4n) is 2.13. The standard InChI is InChI=1S/C14H24N2O3/c1-14(2,3)11(12(17)18)16-13(19)15-9-8-10-6-4-5-7-10/h6,11H,4-5,7-9H2,1-3H3,(H,17,18)(H2,15,16,19)/t11-/m1/s1. The van der Waals surface area contributed by atoms with Crippen LogP contribution in [0, 0.1) is 5.41 Å². The van der Waals surface area contributed by atoms with Gasteiger partial charge in [-0.2, -0.15) is 0 Å². The van der Waals surface area contributed by atoms with Gasteiger partial charge >= 0.3 is 12.0 Å². The van der Waals surface area contributed by atoms with Crippen LogP contribution in [0.1, 0.15) is 46.5 Å². The van der Waals surface area contributed by atoms with E-state index in [1.54, 1.807) is 20.8 Å². The van der Waals surface area contributed by atoms with E-state index in [4.69, 9.17) is 5.11 Å². The Morgan fingerprint density at radius 2 is 2.11 bits per heavy atom. The van der Waals surface area contributed by atoms with Crippen LogP contribution in [0.3, 0.4) is 0 Å². The molecule has 0 spiro atoms. The molecule has 0 fully saturated rings. The molecule has 0 aromatic rings. The molecule has 0 aliphatic heterocycles. The summed E-state index contributed by atoms with van der Waals surface area (Å²) in [5, 5.41) is 14.3. The molecule has 108 valence electrons. The third kappa shape index (κ3) is 5.32. The highest BCUT2D eigenvalue weighted by molar-refractivity contribution is 5.83. The maximum Gasteiger partial charge on any atom is 0.326 e. The molecule has 0 radical (unpaired) electrons. The van der Waals surface area contributed by atoms with Crippen LogP contribution in [0.4, 0.5) is 4.79 Å². The van der Waals surface area contributed by atoms with Gasteiger partial charge in [0.15, 0.2) is 0 Å². The Morgan fingerprint density at radius 3 is 2.58 bits per heavy atom. The van der Waals surface area contributed by atoms with Gasteiger partial charge < -0.3 is 15.7 Å². The Kier molecular flexibility index (Phi) is 5.39. The van der Waals surface area contributed by atoms with Crippen molar-refractivity contribution in [1.82, 2.24) is 10.6 Å². The molecule has 0 saturated carbocycles. The van der Waals surface area contributed by atoms with Gasteiger partial charge in [-0.3, -0.25) is 0 Å². The predicted molar refractivity (Wildman–Crippen MR) is 74.0 cm³/mol. The molecule has 5 nitrogen and oxygen atoms in total. The first-order valence-electron chi connectivity index (χ1n) is 6.76. The Morgan fingerprint density at radius 1 is 1.42 bits per heavy atom. The maximum absolute atomic E-state index is 11.7. The SMILES string of the molecule is CC(C)(C)[C@H](NC(=O)NCCC1=CCCC1)C(=O)O. The normalized spacial score (nSPS) is 16.7. The lowest BCUT2D eigenvalue weighted by Gasteiger charge is -2.27. The second-order valence-electron chi connectivity index (χ2n) is 6.04. The third-order valence-electron chi connectivity index (χ3n) is 3.26. The van der Waals surface area contributed by atoms with Crippen molar-refractivity contribution in [2.75, 3.05) is 6.54 Å². The molecule has 2 amide bonds. The summed E-state index contributed by atoms with van der Waals surface area (Å²) >= 11 is 0. The summed E-state index contributed by atoms with van der Waals surface area (Å²) in [5.41, 5.74) is 0.864. The van der Waals surface area contributed by atoms with Gasteiger partial charge in [0.1, 0.15) is 6.04 Å². The van der Waals surface area contributed by atoms with Crippen LogP contribution < -0.4 is 10.6 Å². The van der Waals surface area contributed by atoms with Crippen molar-refractivity contribution in [3.05, 3.63) is 11.6 Å². The number of carbonyl (C=O) groups excluding carboxylic acids is 1. The quantitative estimate of drug-likeness (QED) is 0.669. The van der Waals surface area contributed by atoms with Gasteiger partial charge in [-0.15, -0.1) is 0 Å². The molecule has 3 N–H and O–H groups in total. The van der Waals surface area contributed by atoms with Crippen molar-refractivity contribution in [1.29, 1.82) is 0 Å². The van der Waals surface area contributed by atoms with E-state index in [0.29, 0.717) is 6.54 Å². The number of hydrogen-bond donors (Lipinski definition) is 3. The van der Waals surface area contributed by atoms with E-state index < -0.39 is 23.5 Å². The highest BCUT2D eigenvalue weighted by Crippen LogP contribution is 2.20. The minimum absolute atomic E-state index is 0.416. The molecule has 5 heteroatoms. The van der Waals surface area contributed by atoms with Crippen LogP contribution in [0.5, 0.6) is 0 Å². The van der Waals surface area contributed by atoms with E-state index >= 15 is 0 Å². The Hall–Kier alpha value is -1.52. The van der Waals surface area contributed by atoms with E-state index in [-0.39, 0.29) is 0 Å². The zero-order valence-electron chi connectivity index (χ0n) is 12.0. The number of carbonyl (C=O) groups is 2. The first-order valence-corrected chi connectivity index (χ1v) is 6.76. The largest absolute Gasteiger partial charge is 0.480 e. The molecule has 1 atom stereocenters. The molecule has 0 aromatic heterocycles. The minimum atomic E-state index is -1.01. The predicted octanol–water partition coefficient (Wildman–Crippen LogP) is 2.29. The monoisotopic (exact) mass is 268 g/mol. The molecule has 0 aromatic carbocycles. The van der Waals surface area contributed by atoms with Crippen molar-refractivity contribution in [2.45, 2.75) is 52.5 Å². The van der Waals surface area contributed by atoms with Crippen LogP contribution in [-0.2, 0) is 4.79 Å². The molecular weight excluding hydrogens is 244 g/mol. The number of allylic oxidation sites excluding steroid dienone is 1. The molecular formula is C14H24N2O3. The summed E-state index contributed by atoms with van der Waals surface area (Å²) in [6.07, 6.45) is 6.51. The zero-order chi connectivity index (χ0) is 14.5. The molecule has 0 saturated heterocycles. The summed E-state index contributed by atoms with van der Waals surface area (Å²) in [6, 6.07) is -1.31. The van der Waals surface area contributed by atoms with Crippen LogP contribution in [0.25, 0.3) is 0 Å². The summed E-state index contributed by atoms with van der Waals surface area (Å²) in [5.74, 6) is -1.01. The lowest BCUT2D eigenvalue weighted by atomic mass is 9.87. The van der Waals surface area contributed by atoms with E-state index in [0.717, 1.165) is 19.3 Å². The van der Waals surface area contributed by atoms with Gasteiger partial charge in [0.05, 0.1) is 0 Å². The fraction of sp³-hybridized carbons (Fsp3) is 0.714. The highest BCUT2D eigenvalue weighted by atomic mass is 16.4. The Balaban J connectivity index is 2.34. The van der Waals surface area contributed by atoms with Crippen molar-refractivity contribution >= 4 is 12.0 Å². The molecule has 1 rings (SSSR count). The molecule has 0 heterocycles. The van der Waals surface area contributed by atoms with Crippen LogP contribution in [0.2, 0.25) is 0 Å². The lowest BCUT2D eigenvalue weighted by molar-refractivity contribution is -0.141. The van der Waals surface area contributed by atoms with Gasteiger partial charge in [0.25, 0.3) is 0 Å². The maximum atomic E-state index is 11.7. The fourth-order valence-corrected chi connectivity index (χ4v) is 2.13. The van der Waals surface area contributed by atoms with Gasteiger partial charge in [-0.25, -0.2) is 9.59 Å². The van der Waals surface area contributed by atoms with E-state index in [2.05, 4.69) is 16.7 Å². The lowest BCUT2D eigenvalue weighted by Crippen LogP contribution is -2.52. The second kappa shape index (κ2) is 6.59. The number of carboxylic acid groups (broad SMARTS) is 1. The third-order valence-corrected chi connectivity index (χ3v) is 3.26. The molecule has 0 unspecified atom stereocenters. The molecule has 19 heavy (non-hydrogen) atoms. The number of urea groups is 1. The van der Waals surface area contributed by atoms with Gasteiger partial charge in [-0.1, -0.05) is 32.4 Å². The number of amides is 2. The summed E-state index contributed by atoms with van der Waals surface area (Å²) in [7, 11) is 0. The van der Waals surface area contributed by atoms with Crippen molar-refractivity contribution in [3.63, 3.8) is 0 Å². The topological polar surface area (TPSA) is 78.4 Å². The Labute approximate surface area is 114 Å². The molecule has 0 bridgehead atoms. The first kappa shape index (κ1) is 15.5. The number of aliphatic carboxylic acids is 1. The average molecular weight is 268 g/mol. The molecule has 1 aliphatic carbocycles. The Bertz CT molecular complexity index is 369. The number of rotatable bonds is 5. The number of hydrogen-bond acceptors (Lipinski definition) is 2. The van der Waals surface area contributed by atoms with Crippen LogP contribution >= 0.6 is 0 Å². The second-order valence-corrected chi connectivity index (χ2v) is 6.04. The zero-order valence-corrected chi connectivity index (χ0v) is 12.0. The summed E-state index contributed by atoms with van der Waals surface area (Å²) in [6.45, 7) is 5.91. The van der Waals surface area contributed by atoms with E-state index in [1.807, 2.05) is 0 Å². The summed E-state index contributed by atoms with van der Waals surface area (Å²) < 4.78 is 0. The van der Waals surface area contributed by atoms with Gasteiger partial charge in [0, 0.05) is 6.54 Å². The smallest absolute Gasteiger partial charge is 0.326 e. The highest BCUT2D eigenvalue weighted by Gasteiger charge is 2.32. The van der Waals surface area contributed by atoms with Gasteiger partial charge in [0.2, 0.25) is 0 Å². The van der Waals surface area contributed by atoms with E-state index in [9.17, 15) is 9.59 Å².